The van der Waals surface area contributed by atoms with Crippen LogP contribution in [0, 0.1) is 0 Å². The summed E-state index contributed by atoms with van der Waals surface area (Å²) in [6, 6.07) is 17.8. The number of carbonyl (C=O) groups excluding carboxylic acids is 1. The topological polar surface area (TPSA) is 63.2 Å². The van der Waals surface area contributed by atoms with Crippen molar-refractivity contribution in [3.8, 4) is 5.75 Å². The highest BCUT2D eigenvalue weighted by Gasteiger charge is 2.25. The number of hydrogen-bond donors (Lipinski definition) is 2. The number of fused-ring (bicyclic) bond motifs is 1. The number of carbonyl (C=O) groups is 1. The summed E-state index contributed by atoms with van der Waals surface area (Å²) < 4.78 is 5.18. The molecule has 1 amide bonds. The lowest BCUT2D eigenvalue weighted by atomic mass is 10.1. The van der Waals surface area contributed by atoms with Gasteiger partial charge in [-0.2, -0.15) is 0 Å². The Hall–Kier alpha value is -3.08. The fourth-order valence-electron chi connectivity index (χ4n) is 2.88. The van der Waals surface area contributed by atoms with Crippen LogP contribution in [0.2, 0.25) is 0 Å². The highest BCUT2D eigenvalue weighted by molar-refractivity contribution is 6.07. The average molecular weight is 347 g/mol. The molecule has 1 aromatic heterocycles. The number of rotatable bonds is 6. The van der Waals surface area contributed by atoms with Crippen molar-refractivity contribution in [2.45, 2.75) is 25.4 Å². The van der Waals surface area contributed by atoms with E-state index < -0.39 is 0 Å². The maximum Gasteiger partial charge on any atom is 0.252 e. The highest BCUT2D eigenvalue weighted by Crippen LogP contribution is 2.24. The predicted molar refractivity (Wildman–Crippen MR) is 103 cm³/mol. The van der Waals surface area contributed by atoms with Crippen LogP contribution in [-0.4, -0.2) is 24.0 Å². The summed E-state index contributed by atoms with van der Waals surface area (Å²) >= 11 is 0. The molecule has 0 aliphatic heterocycles. The van der Waals surface area contributed by atoms with Crippen molar-refractivity contribution in [1.29, 1.82) is 0 Å². The average Bonchev–Trinajstić information content (AvgIpc) is 3.50. The number of nitrogens with zero attached hydrogens (tertiary/aromatic N) is 1. The molecule has 5 heteroatoms. The molecule has 0 atom stereocenters. The minimum absolute atomic E-state index is 0.0291. The molecule has 0 bridgehead atoms. The first-order valence-electron chi connectivity index (χ1n) is 8.80. The van der Waals surface area contributed by atoms with Crippen molar-refractivity contribution in [3.63, 3.8) is 0 Å². The molecule has 0 spiro atoms. The SMILES string of the molecule is COc1ccc(CNc2cc(C(=O)NC3CC3)c3ccccc3n2)cc1. The predicted octanol–water partition coefficient (Wildman–Crippen LogP) is 3.75. The monoisotopic (exact) mass is 347 g/mol. The van der Waals surface area contributed by atoms with Gasteiger partial charge in [0.2, 0.25) is 0 Å². The molecule has 0 radical (unpaired) electrons. The van der Waals surface area contributed by atoms with Crippen LogP contribution >= 0.6 is 0 Å². The van der Waals surface area contributed by atoms with E-state index in [2.05, 4.69) is 15.6 Å². The first kappa shape index (κ1) is 16.4. The second-order valence-electron chi connectivity index (χ2n) is 6.52. The van der Waals surface area contributed by atoms with Gasteiger partial charge in [0, 0.05) is 18.0 Å². The molecule has 1 saturated carbocycles. The van der Waals surface area contributed by atoms with Gasteiger partial charge in [-0.3, -0.25) is 4.79 Å². The Morgan fingerprint density at radius 3 is 2.65 bits per heavy atom. The van der Waals surface area contributed by atoms with Crippen LogP contribution in [0.15, 0.2) is 54.6 Å². The molecule has 5 nitrogen and oxygen atoms in total. The molecule has 1 heterocycles. The maximum absolute atomic E-state index is 12.6. The van der Waals surface area contributed by atoms with Gasteiger partial charge >= 0.3 is 0 Å². The van der Waals surface area contributed by atoms with E-state index in [4.69, 9.17) is 4.74 Å². The zero-order chi connectivity index (χ0) is 17.9. The van der Waals surface area contributed by atoms with Gasteiger partial charge in [0.15, 0.2) is 0 Å². The quantitative estimate of drug-likeness (QED) is 0.713. The van der Waals surface area contributed by atoms with E-state index in [-0.39, 0.29) is 5.91 Å². The largest absolute Gasteiger partial charge is 0.497 e. The van der Waals surface area contributed by atoms with Crippen molar-refractivity contribution in [1.82, 2.24) is 10.3 Å². The molecule has 1 aliphatic carbocycles. The van der Waals surface area contributed by atoms with Crippen molar-refractivity contribution in [2.24, 2.45) is 0 Å². The number of methoxy groups -OCH3 is 1. The van der Waals surface area contributed by atoms with Crippen molar-refractivity contribution < 1.29 is 9.53 Å². The third-order valence-electron chi connectivity index (χ3n) is 4.51. The molecular weight excluding hydrogens is 326 g/mol. The summed E-state index contributed by atoms with van der Waals surface area (Å²) in [5.41, 5.74) is 2.60. The number of pyridine rings is 1. The fraction of sp³-hybridized carbons (Fsp3) is 0.238. The van der Waals surface area contributed by atoms with E-state index >= 15 is 0 Å². The second kappa shape index (κ2) is 7.04. The van der Waals surface area contributed by atoms with Gasteiger partial charge < -0.3 is 15.4 Å². The number of anilines is 1. The van der Waals surface area contributed by atoms with Gasteiger partial charge in [0.1, 0.15) is 11.6 Å². The van der Waals surface area contributed by atoms with Crippen molar-refractivity contribution in [3.05, 3.63) is 65.7 Å². The van der Waals surface area contributed by atoms with Gasteiger partial charge in [-0.15, -0.1) is 0 Å². The van der Waals surface area contributed by atoms with E-state index in [1.807, 2.05) is 54.6 Å². The summed E-state index contributed by atoms with van der Waals surface area (Å²) in [7, 11) is 1.65. The Kier molecular flexibility index (Phi) is 4.44. The number of ether oxygens (including phenoxy) is 1. The minimum atomic E-state index is -0.0291. The molecule has 26 heavy (non-hydrogen) atoms. The molecule has 1 fully saturated rings. The number of nitrogens with one attached hydrogen (secondary N) is 2. The summed E-state index contributed by atoms with van der Waals surface area (Å²) in [4.78, 5) is 17.3. The highest BCUT2D eigenvalue weighted by atomic mass is 16.5. The van der Waals surface area contributed by atoms with Gasteiger partial charge in [0.25, 0.3) is 5.91 Å². The van der Waals surface area contributed by atoms with Crippen LogP contribution in [0.3, 0.4) is 0 Å². The number of hydrogen-bond acceptors (Lipinski definition) is 4. The molecular formula is C21H21N3O2. The lowest BCUT2D eigenvalue weighted by Crippen LogP contribution is -2.25. The van der Waals surface area contributed by atoms with Crippen LogP contribution in [0.1, 0.15) is 28.8 Å². The lowest BCUT2D eigenvalue weighted by molar-refractivity contribution is 0.0952. The molecule has 3 aromatic rings. The van der Waals surface area contributed by atoms with Gasteiger partial charge in [-0.25, -0.2) is 4.98 Å². The molecule has 4 rings (SSSR count). The molecule has 132 valence electrons. The first-order valence-corrected chi connectivity index (χ1v) is 8.80. The third kappa shape index (κ3) is 3.61. The Morgan fingerprint density at radius 2 is 1.92 bits per heavy atom. The number of para-hydroxylation sites is 1. The maximum atomic E-state index is 12.6. The van der Waals surface area contributed by atoms with E-state index in [1.54, 1.807) is 7.11 Å². The van der Waals surface area contributed by atoms with Crippen LogP contribution in [0.4, 0.5) is 5.82 Å². The third-order valence-corrected chi connectivity index (χ3v) is 4.51. The van der Waals surface area contributed by atoms with Gasteiger partial charge in [0.05, 0.1) is 18.2 Å². The molecule has 2 aromatic carbocycles. The fourth-order valence-corrected chi connectivity index (χ4v) is 2.88. The van der Waals surface area contributed by atoms with E-state index in [0.717, 1.165) is 35.1 Å². The van der Waals surface area contributed by atoms with Crippen LogP contribution in [0.25, 0.3) is 10.9 Å². The zero-order valence-corrected chi connectivity index (χ0v) is 14.7. The van der Waals surface area contributed by atoms with Gasteiger partial charge in [-0.05, 0) is 42.7 Å². The minimum Gasteiger partial charge on any atom is -0.497 e. The summed E-state index contributed by atoms with van der Waals surface area (Å²) in [5.74, 6) is 1.50. The summed E-state index contributed by atoms with van der Waals surface area (Å²) in [6.07, 6.45) is 2.13. The smallest absolute Gasteiger partial charge is 0.252 e. The lowest BCUT2D eigenvalue weighted by Gasteiger charge is -2.12. The van der Waals surface area contributed by atoms with E-state index in [9.17, 15) is 4.79 Å². The summed E-state index contributed by atoms with van der Waals surface area (Å²) in [6.45, 7) is 0.624. The first-order chi connectivity index (χ1) is 12.7. The Balaban J connectivity index is 1.58. The molecule has 1 aliphatic rings. The number of amides is 1. The normalized spacial score (nSPS) is 13.4. The zero-order valence-electron chi connectivity index (χ0n) is 14.7. The van der Waals surface area contributed by atoms with Crippen LogP contribution in [-0.2, 0) is 6.54 Å². The number of aromatic nitrogens is 1. The molecule has 0 unspecified atom stereocenters. The van der Waals surface area contributed by atoms with Crippen LogP contribution in [0.5, 0.6) is 5.75 Å². The standard InChI is InChI=1S/C21H21N3O2/c1-26-16-10-6-14(7-11-16)13-22-20-12-18(21(25)23-15-8-9-15)17-4-2-3-5-19(17)24-20/h2-7,10-12,15H,8-9,13H2,1H3,(H,22,24)(H,23,25). The molecule has 2 N–H and O–H groups in total. The van der Waals surface area contributed by atoms with Crippen molar-refractivity contribution in [2.75, 3.05) is 12.4 Å². The number of benzene rings is 2. The van der Waals surface area contributed by atoms with Crippen LogP contribution < -0.4 is 15.4 Å². The molecule has 0 saturated heterocycles. The van der Waals surface area contributed by atoms with E-state index in [1.165, 1.54) is 0 Å². The Morgan fingerprint density at radius 1 is 1.15 bits per heavy atom. The Bertz CT molecular complexity index is 934. The Labute approximate surface area is 152 Å². The van der Waals surface area contributed by atoms with Crippen molar-refractivity contribution >= 4 is 22.6 Å². The summed E-state index contributed by atoms with van der Waals surface area (Å²) in [5, 5.41) is 7.27. The second-order valence-corrected chi connectivity index (χ2v) is 6.52. The van der Waals surface area contributed by atoms with E-state index in [0.29, 0.717) is 24.0 Å². The van der Waals surface area contributed by atoms with Gasteiger partial charge in [-0.1, -0.05) is 30.3 Å².